The molecule has 3 aliphatic rings. The van der Waals surface area contributed by atoms with Crippen LogP contribution in [0.2, 0.25) is 4.34 Å². The fourth-order valence-corrected chi connectivity index (χ4v) is 7.35. The van der Waals surface area contributed by atoms with E-state index >= 15 is 0 Å². The molecule has 2 aliphatic heterocycles. The monoisotopic (exact) mass is 474 g/mol. The first-order valence-electron chi connectivity index (χ1n) is 9.90. The maximum Gasteiger partial charge on any atom is 0.325 e. The van der Waals surface area contributed by atoms with Gasteiger partial charge in [0.15, 0.2) is 0 Å². The highest BCUT2D eigenvalue weighted by Gasteiger charge is 2.51. The Bertz CT molecular complexity index is 965. The second-order valence-corrected chi connectivity index (χ2v) is 11.7. The molecular weight excluding hydrogens is 452 g/mol. The molecule has 2 saturated heterocycles. The zero-order valence-corrected chi connectivity index (χ0v) is 18.7. The fraction of sp³-hybridized carbons (Fsp3) is 0.611. The summed E-state index contributed by atoms with van der Waals surface area (Å²) in [5.41, 5.74) is -0.857. The Balaban J connectivity index is 1.36. The summed E-state index contributed by atoms with van der Waals surface area (Å²) in [6.45, 7) is 0.374. The highest BCUT2D eigenvalue weighted by atomic mass is 35.5. The molecule has 1 N–H and O–H groups in total. The number of carbonyl (C=O) groups is 3. The first-order valence-corrected chi connectivity index (χ1v) is 12.5. The minimum absolute atomic E-state index is 0.147. The summed E-state index contributed by atoms with van der Waals surface area (Å²) in [6, 6.07) is 2.49. The lowest BCUT2D eigenvalue weighted by molar-refractivity contribution is -0.140. The van der Waals surface area contributed by atoms with Crippen LogP contribution >= 0.6 is 22.9 Å². The van der Waals surface area contributed by atoms with Gasteiger partial charge >= 0.3 is 6.03 Å². The van der Waals surface area contributed by atoms with E-state index in [1.54, 1.807) is 0 Å². The van der Waals surface area contributed by atoms with Gasteiger partial charge in [0.05, 0.1) is 4.34 Å². The fourth-order valence-electron chi connectivity index (χ4n) is 4.29. The van der Waals surface area contributed by atoms with Gasteiger partial charge in [-0.1, -0.05) is 30.9 Å². The van der Waals surface area contributed by atoms with E-state index in [9.17, 15) is 22.8 Å². The highest BCUT2D eigenvalue weighted by molar-refractivity contribution is 7.91. The van der Waals surface area contributed by atoms with Crippen LogP contribution in [0.15, 0.2) is 16.3 Å². The molecule has 1 saturated carbocycles. The van der Waals surface area contributed by atoms with E-state index in [4.69, 9.17) is 11.6 Å². The molecule has 1 aromatic heterocycles. The number of halogens is 1. The Morgan fingerprint density at radius 2 is 1.77 bits per heavy atom. The lowest BCUT2D eigenvalue weighted by atomic mass is 9.82. The maximum atomic E-state index is 12.8. The number of amides is 4. The molecule has 12 heteroatoms. The van der Waals surface area contributed by atoms with Crippen molar-refractivity contribution in [1.29, 1.82) is 0 Å². The first-order chi connectivity index (χ1) is 14.2. The number of urea groups is 1. The van der Waals surface area contributed by atoms with Crippen LogP contribution in [0.5, 0.6) is 0 Å². The summed E-state index contributed by atoms with van der Waals surface area (Å²) in [6.07, 6.45) is 3.99. The van der Waals surface area contributed by atoms with Crippen molar-refractivity contribution in [2.75, 3.05) is 32.7 Å². The van der Waals surface area contributed by atoms with Crippen LogP contribution < -0.4 is 5.32 Å². The molecule has 0 atom stereocenters. The summed E-state index contributed by atoms with van der Waals surface area (Å²) in [7, 11) is -3.65. The van der Waals surface area contributed by atoms with E-state index in [0.29, 0.717) is 17.2 Å². The lowest BCUT2D eigenvalue weighted by Crippen LogP contribution is -2.53. The van der Waals surface area contributed by atoms with E-state index in [1.165, 1.54) is 21.3 Å². The van der Waals surface area contributed by atoms with E-state index in [2.05, 4.69) is 5.32 Å². The molecule has 0 radical (unpaired) electrons. The van der Waals surface area contributed by atoms with Crippen molar-refractivity contribution in [2.45, 2.75) is 41.9 Å². The van der Waals surface area contributed by atoms with Gasteiger partial charge in [-0.15, -0.1) is 11.3 Å². The standard InChI is InChI=1S/C18H23ClN4O5S2/c19-13-4-5-15(29-13)30(27,28)22-10-8-21(9-11-22)14(24)12-23-16(25)18(20-17(23)26)6-2-1-3-7-18/h4-5H,1-3,6-12H2,(H,20,26). The minimum atomic E-state index is -3.65. The number of imide groups is 1. The molecular formula is C18H23ClN4O5S2. The van der Waals surface area contributed by atoms with E-state index in [1.807, 2.05) is 0 Å². The van der Waals surface area contributed by atoms with E-state index in [0.717, 1.165) is 35.5 Å². The molecule has 1 aromatic rings. The zero-order valence-electron chi connectivity index (χ0n) is 16.3. The molecule has 164 valence electrons. The zero-order chi connectivity index (χ0) is 21.5. The largest absolute Gasteiger partial charge is 0.338 e. The average Bonchev–Trinajstić information content (AvgIpc) is 3.27. The molecule has 0 unspecified atom stereocenters. The van der Waals surface area contributed by atoms with Crippen LogP contribution in [0.25, 0.3) is 0 Å². The van der Waals surface area contributed by atoms with Crippen LogP contribution in [-0.2, 0) is 19.6 Å². The van der Waals surface area contributed by atoms with Crippen molar-refractivity contribution < 1.29 is 22.8 Å². The number of sulfonamides is 1. The van der Waals surface area contributed by atoms with Crippen molar-refractivity contribution in [2.24, 2.45) is 0 Å². The summed E-state index contributed by atoms with van der Waals surface area (Å²) in [5.74, 6) is -0.682. The molecule has 4 amide bonds. The van der Waals surface area contributed by atoms with Crippen molar-refractivity contribution >= 4 is 50.8 Å². The normalized spacial score (nSPS) is 22.6. The highest BCUT2D eigenvalue weighted by Crippen LogP contribution is 2.33. The predicted molar refractivity (Wildman–Crippen MR) is 111 cm³/mol. The Morgan fingerprint density at radius 1 is 1.10 bits per heavy atom. The van der Waals surface area contributed by atoms with E-state index in [-0.39, 0.29) is 48.7 Å². The topological polar surface area (TPSA) is 107 Å². The third-order valence-corrected chi connectivity index (χ3v) is 9.58. The van der Waals surface area contributed by atoms with Gasteiger partial charge in [0.2, 0.25) is 5.91 Å². The number of carbonyl (C=O) groups excluding carboxylic acids is 3. The maximum absolute atomic E-state index is 12.8. The molecule has 1 aliphatic carbocycles. The third-order valence-electron chi connectivity index (χ3n) is 5.98. The molecule has 9 nitrogen and oxygen atoms in total. The van der Waals surface area contributed by atoms with Crippen LogP contribution in [0.4, 0.5) is 4.79 Å². The molecule has 0 bridgehead atoms. The molecule has 3 fully saturated rings. The number of rotatable bonds is 4. The van der Waals surface area contributed by atoms with Crippen molar-refractivity contribution in [1.82, 2.24) is 19.4 Å². The van der Waals surface area contributed by atoms with Gasteiger partial charge in [-0.2, -0.15) is 4.31 Å². The molecule has 4 rings (SSSR count). The van der Waals surface area contributed by atoms with E-state index < -0.39 is 21.6 Å². The smallest absolute Gasteiger partial charge is 0.325 e. The number of hydrogen-bond acceptors (Lipinski definition) is 6. The van der Waals surface area contributed by atoms with Crippen LogP contribution in [0.3, 0.4) is 0 Å². The van der Waals surface area contributed by atoms with Gasteiger partial charge in [0.1, 0.15) is 16.3 Å². The molecule has 3 heterocycles. The van der Waals surface area contributed by atoms with Gasteiger partial charge in [-0.25, -0.2) is 13.2 Å². The Hall–Kier alpha value is -1.69. The van der Waals surface area contributed by atoms with Crippen molar-refractivity contribution in [3.05, 3.63) is 16.5 Å². The second-order valence-electron chi connectivity index (χ2n) is 7.81. The average molecular weight is 475 g/mol. The van der Waals surface area contributed by atoms with Gasteiger partial charge in [-0.05, 0) is 25.0 Å². The van der Waals surface area contributed by atoms with Gasteiger partial charge in [-0.3, -0.25) is 14.5 Å². The van der Waals surface area contributed by atoms with Crippen LogP contribution in [-0.4, -0.2) is 78.6 Å². The molecule has 0 aromatic carbocycles. The third kappa shape index (κ3) is 3.83. The second kappa shape index (κ2) is 8.10. The lowest BCUT2D eigenvalue weighted by Gasteiger charge is -2.34. The summed E-state index contributed by atoms with van der Waals surface area (Å²) in [4.78, 5) is 40.4. The Morgan fingerprint density at radius 3 is 2.37 bits per heavy atom. The van der Waals surface area contributed by atoms with Gasteiger partial charge in [0, 0.05) is 26.2 Å². The van der Waals surface area contributed by atoms with Gasteiger partial charge in [0.25, 0.3) is 15.9 Å². The summed E-state index contributed by atoms with van der Waals surface area (Å²) >= 11 is 6.84. The number of thiophene rings is 1. The van der Waals surface area contributed by atoms with Crippen molar-refractivity contribution in [3.8, 4) is 0 Å². The summed E-state index contributed by atoms with van der Waals surface area (Å²) < 4.78 is 27.3. The predicted octanol–water partition coefficient (Wildman–Crippen LogP) is 1.49. The van der Waals surface area contributed by atoms with Gasteiger partial charge < -0.3 is 10.2 Å². The number of nitrogens with one attached hydrogen (secondary N) is 1. The SMILES string of the molecule is O=C(CN1C(=O)NC2(CCCCC2)C1=O)N1CCN(S(=O)(=O)c2ccc(Cl)s2)CC1. The Labute approximate surface area is 184 Å². The Kier molecular flexibility index (Phi) is 5.82. The summed E-state index contributed by atoms with van der Waals surface area (Å²) in [5, 5.41) is 2.79. The quantitative estimate of drug-likeness (QED) is 0.665. The van der Waals surface area contributed by atoms with Crippen LogP contribution in [0.1, 0.15) is 32.1 Å². The first kappa shape index (κ1) is 21.5. The van der Waals surface area contributed by atoms with Crippen LogP contribution in [0, 0.1) is 0 Å². The number of hydrogen-bond donors (Lipinski definition) is 1. The minimum Gasteiger partial charge on any atom is -0.338 e. The number of piperazine rings is 1. The van der Waals surface area contributed by atoms with Crippen molar-refractivity contribution in [3.63, 3.8) is 0 Å². The molecule has 1 spiro atoms. The molecule has 30 heavy (non-hydrogen) atoms. The number of nitrogens with zero attached hydrogens (tertiary/aromatic N) is 3.